The highest BCUT2D eigenvalue weighted by molar-refractivity contribution is 6.30. The van der Waals surface area contributed by atoms with Crippen LogP contribution in [0.15, 0.2) is 24.3 Å². The Bertz CT molecular complexity index is 591. The first-order valence-electron chi connectivity index (χ1n) is 6.34. The number of methoxy groups -OCH3 is 1. The second-order valence-corrected chi connectivity index (χ2v) is 5.17. The minimum absolute atomic E-state index is 0.176. The number of nitrogens with two attached hydrogens (primary N) is 1. The zero-order valence-electron chi connectivity index (χ0n) is 10.8. The normalized spacial score (nSPS) is 18.2. The minimum Gasteiger partial charge on any atom is -0.497 e. The van der Waals surface area contributed by atoms with Crippen molar-refractivity contribution in [1.29, 1.82) is 0 Å². The molecule has 0 amide bonds. The summed E-state index contributed by atoms with van der Waals surface area (Å²) in [6.07, 6.45) is 1.86. The lowest BCUT2D eigenvalue weighted by Gasteiger charge is -2.22. The monoisotopic (exact) mass is 277 g/mol. The largest absolute Gasteiger partial charge is 0.497 e. The number of hydrogen-bond acceptors (Lipinski definition) is 3. The molecule has 0 saturated carbocycles. The van der Waals surface area contributed by atoms with Gasteiger partial charge in [0.2, 0.25) is 0 Å². The van der Waals surface area contributed by atoms with Crippen LogP contribution in [0.1, 0.15) is 12.1 Å². The van der Waals surface area contributed by atoms with Crippen LogP contribution in [0, 0.1) is 0 Å². The maximum absolute atomic E-state index is 6.22. The Morgan fingerprint density at radius 2 is 2.11 bits per heavy atom. The van der Waals surface area contributed by atoms with E-state index in [9.17, 15) is 0 Å². The average Bonchev–Trinajstić information content (AvgIpc) is 2.75. The molecular formula is C14H16ClN3O. The van der Waals surface area contributed by atoms with Crippen LogP contribution in [0.4, 0.5) is 0 Å². The Morgan fingerprint density at radius 3 is 2.79 bits per heavy atom. The van der Waals surface area contributed by atoms with Gasteiger partial charge in [-0.3, -0.25) is 0 Å². The molecule has 2 aromatic rings. The summed E-state index contributed by atoms with van der Waals surface area (Å²) in [5, 5.41) is 0.595. The number of fused-ring (bicyclic) bond motifs is 1. The van der Waals surface area contributed by atoms with Gasteiger partial charge in [-0.15, -0.1) is 0 Å². The zero-order chi connectivity index (χ0) is 13.4. The maximum atomic E-state index is 6.22. The van der Waals surface area contributed by atoms with Crippen molar-refractivity contribution >= 4 is 11.6 Å². The van der Waals surface area contributed by atoms with E-state index in [1.165, 1.54) is 0 Å². The van der Waals surface area contributed by atoms with E-state index in [1.807, 2.05) is 24.3 Å². The van der Waals surface area contributed by atoms with Crippen molar-refractivity contribution in [1.82, 2.24) is 9.55 Å². The molecule has 3 rings (SSSR count). The topological polar surface area (TPSA) is 53.1 Å². The Morgan fingerprint density at radius 1 is 1.37 bits per heavy atom. The Labute approximate surface area is 117 Å². The lowest BCUT2D eigenvalue weighted by Crippen LogP contribution is -2.32. The molecule has 1 unspecified atom stereocenters. The van der Waals surface area contributed by atoms with Gasteiger partial charge in [0.25, 0.3) is 0 Å². The van der Waals surface area contributed by atoms with Crippen LogP contribution in [-0.2, 0) is 13.0 Å². The number of benzene rings is 1. The maximum Gasteiger partial charge on any atom is 0.150 e. The number of rotatable bonds is 2. The van der Waals surface area contributed by atoms with Crippen LogP contribution in [0.5, 0.6) is 5.75 Å². The van der Waals surface area contributed by atoms with E-state index in [2.05, 4.69) is 9.55 Å². The van der Waals surface area contributed by atoms with Crippen molar-refractivity contribution in [2.75, 3.05) is 7.11 Å². The van der Waals surface area contributed by atoms with Gasteiger partial charge in [0.1, 0.15) is 11.6 Å². The predicted octanol–water partition coefficient (Wildman–Crippen LogP) is 2.49. The van der Waals surface area contributed by atoms with Gasteiger partial charge in [0.05, 0.1) is 12.8 Å². The Kier molecular flexibility index (Phi) is 3.21. The minimum atomic E-state index is 0.176. The van der Waals surface area contributed by atoms with Crippen LogP contribution in [-0.4, -0.2) is 22.7 Å². The van der Waals surface area contributed by atoms with Crippen LogP contribution >= 0.6 is 11.6 Å². The first kappa shape index (κ1) is 12.5. The summed E-state index contributed by atoms with van der Waals surface area (Å²) in [6, 6.07) is 8.01. The first-order chi connectivity index (χ1) is 9.19. The van der Waals surface area contributed by atoms with Crippen molar-refractivity contribution in [3.8, 4) is 17.1 Å². The van der Waals surface area contributed by atoms with Gasteiger partial charge in [-0.2, -0.15) is 0 Å². The van der Waals surface area contributed by atoms with E-state index < -0.39 is 0 Å². The SMILES string of the molecule is COc1ccc(-c2nc(Cl)c3n2CC(N)CC3)cc1. The molecule has 0 spiro atoms. The molecule has 0 aliphatic carbocycles. The van der Waals surface area contributed by atoms with Crippen molar-refractivity contribution in [2.24, 2.45) is 5.73 Å². The molecule has 0 fully saturated rings. The molecule has 5 heteroatoms. The number of aromatic nitrogens is 2. The van der Waals surface area contributed by atoms with Crippen molar-refractivity contribution in [2.45, 2.75) is 25.4 Å². The van der Waals surface area contributed by atoms with E-state index in [4.69, 9.17) is 22.1 Å². The number of imidazole rings is 1. The number of hydrogen-bond donors (Lipinski definition) is 1. The second kappa shape index (κ2) is 4.87. The molecule has 2 N–H and O–H groups in total. The molecular weight excluding hydrogens is 262 g/mol. The van der Waals surface area contributed by atoms with E-state index in [0.29, 0.717) is 5.15 Å². The summed E-state index contributed by atoms with van der Waals surface area (Å²) in [4.78, 5) is 4.48. The molecule has 2 heterocycles. The van der Waals surface area contributed by atoms with Gasteiger partial charge < -0.3 is 15.0 Å². The number of ether oxygens (including phenoxy) is 1. The van der Waals surface area contributed by atoms with E-state index in [1.54, 1.807) is 7.11 Å². The quantitative estimate of drug-likeness (QED) is 0.917. The standard InChI is InChI=1S/C14H16ClN3O/c1-19-11-5-2-9(3-6-11)14-17-13(15)12-7-4-10(16)8-18(12)14/h2-3,5-6,10H,4,7-8,16H2,1H3. The average molecular weight is 278 g/mol. The summed E-state index contributed by atoms with van der Waals surface area (Å²) in [5.41, 5.74) is 8.16. The van der Waals surface area contributed by atoms with Crippen LogP contribution < -0.4 is 10.5 Å². The predicted molar refractivity (Wildman–Crippen MR) is 75.5 cm³/mol. The van der Waals surface area contributed by atoms with Gasteiger partial charge in [-0.05, 0) is 37.1 Å². The summed E-state index contributed by atoms with van der Waals surface area (Å²) in [6.45, 7) is 0.774. The molecule has 19 heavy (non-hydrogen) atoms. The molecule has 0 radical (unpaired) electrons. The van der Waals surface area contributed by atoms with Crippen LogP contribution in [0.3, 0.4) is 0 Å². The van der Waals surface area contributed by atoms with Crippen molar-refractivity contribution in [3.63, 3.8) is 0 Å². The second-order valence-electron chi connectivity index (χ2n) is 4.81. The smallest absolute Gasteiger partial charge is 0.150 e. The molecule has 0 bridgehead atoms. The zero-order valence-corrected chi connectivity index (χ0v) is 11.5. The van der Waals surface area contributed by atoms with E-state index in [-0.39, 0.29) is 6.04 Å². The molecule has 1 aromatic carbocycles. The summed E-state index contributed by atoms with van der Waals surface area (Å²) >= 11 is 6.22. The fraction of sp³-hybridized carbons (Fsp3) is 0.357. The van der Waals surface area contributed by atoms with Crippen LogP contribution in [0.25, 0.3) is 11.4 Å². The first-order valence-corrected chi connectivity index (χ1v) is 6.71. The lowest BCUT2D eigenvalue weighted by atomic mass is 10.1. The van der Waals surface area contributed by atoms with Crippen LogP contribution in [0.2, 0.25) is 5.15 Å². The molecule has 0 saturated heterocycles. The Balaban J connectivity index is 2.04. The third-order valence-electron chi connectivity index (χ3n) is 3.54. The summed E-state index contributed by atoms with van der Waals surface area (Å²) in [5.74, 6) is 1.72. The molecule has 100 valence electrons. The molecule has 1 aromatic heterocycles. The van der Waals surface area contributed by atoms with Gasteiger partial charge in [-0.1, -0.05) is 11.6 Å². The van der Waals surface area contributed by atoms with E-state index in [0.717, 1.165) is 42.2 Å². The van der Waals surface area contributed by atoms with Gasteiger partial charge in [-0.25, -0.2) is 4.98 Å². The number of nitrogens with zero attached hydrogens (tertiary/aromatic N) is 2. The highest BCUT2D eigenvalue weighted by Crippen LogP contribution is 2.30. The van der Waals surface area contributed by atoms with Crippen molar-refractivity contribution < 1.29 is 4.74 Å². The lowest BCUT2D eigenvalue weighted by molar-refractivity contribution is 0.415. The molecule has 1 aliphatic heterocycles. The third kappa shape index (κ3) is 2.22. The fourth-order valence-corrected chi connectivity index (χ4v) is 2.78. The van der Waals surface area contributed by atoms with Gasteiger partial charge in [0, 0.05) is 18.2 Å². The Hall–Kier alpha value is -1.52. The highest BCUT2D eigenvalue weighted by Gasteiger charge is 2.23. The summed E-state index contributed by atoms with van der Waals surface area (Å²) < 4.78 is 7.30. The molecule has 4 nitrogen and oxygen atoms in total. The molecule has 1 atom stereocenters. The third-order valence-corrected chi connectivity index (χ3v) is 3.84. The van der Waals surface area contributed by atoms with Gasteiger partial charge in [0.15, 0.2) is 5.15 Å². The fourth-order valence-electron chi connectivity index (χ4n) is 2.50. The highest BCUT2D eigenvalue weighted by atomic mass is 35.5. The molecule has 1 aliphatic rings. The number of halogens is 1. The summed E-state index contributed by atoms with van der Waals surface area (Å²) in [7, 11) is 1.66. The van der Waals surface area contributed by atoms with Gasteiger partial charge >= 0.3 is 0 Å². The van der Waals surface area contributed by atoms with Crippen molar-refractivity contribution in [3.05, 3.63) is 35.1 Å². The van der Waals surface area contributed by atoms with E-state index >= 15 is 0 Å².